The summed E-state index contributed by atoms with van der Waals surface area (Å²) < 4.78 is 30.3. The molecule has 0 bridgehead atoms. The lowest BCUT2D eigenvalue weighted by Gasteiger charge is -2.29. The molecule has 0 aliphatic carbocycles. The number of carbonyl (C=O) groups excluding carboxylic acids is 2. The topological polar surface area (TPSA) is 84.3 Å². The SMILES string of the molecule is COc1ccccc1NC(=O)N(CC(=O)N(Cc1ccc(F)cc1)Cc1ccc(C)o1)CC1CCCO1. The molecule has 1 saturated heterocycles. The van der Waals surface area contributed by atoms with E-state index in [1.165, 1.54) is 24.1 Å². The Labute approximate surface area is 215 Å². The van der Waals surface area contributed by atoms with Crippen molar-refractivity contribution in [1.82, 2.24) is 9.80 Å². The first-order valence-corrected chi connectivity index (χ1v) is 12.3. The second-order valence-electron chi connectivity index (χ2n) is 9.03. The average molecular weight is 510 g/mol. The average Bonchev–Trinajstić information content (AvgIpc) is 3.56. The van der Waals surface area contributed by atoms with Crippen molar-refractivity contribution >= 4 is 17.6 Å². The van der Waals surface area contributed by atoms with Gasteiger partial charge in [-0.3, -0.25) is 4.79 Å². The van der Waals surface area contributed by atoms with E-state index in [-0.39, 0.29) is 44.0 Å². The molecule has 1 N–H and O–H groups in total. The summed E-state index contributed by atoms with van der Waals surface area (Å²) in [5.74, 6) is 1.26. The number of aryl methyl sites for hydroxylation is 1. The molecular weight excluding hydrogens is 477 g/mol. The van der Waals surface area contributed by atoms with Crippen LogP contribution in [-0.2, 0) is 22.6 Å². The predicted molar refractivity (Wildman–Crippen MR) is 137 cm³/mol. The molecule has 1 aliphatic rings. The van der Waals surface area contributed by atoms with Crippen molar-refractivity contribution in [3.05, 3.63) is 83.6 Å². The standard InChI is InChI=1S/C28H32FN3O5/c1-20-9-14-24(37-20)18-31(16-21-10-12-22(29)13-11-21)27(33)19-32(17-23-6-5-15-36-23)28(34)30-25-7-3-4-8-26(25)35-2/h3-4,7-14,23H,5-6,15-19H2,1-2H3,(H,30,34). The third-order valence-electron chi connectivity index (χ3n) is 6.19. The smallest absolute Gasteiger partial charge is 0.322 e. The van der Waals surface area contributed by atoms with Crippen LogP contribution in [0, 0.1) is 12.7 Å². The second-order valence-corrected chi connectivity index (χ2v) is 9.03. The van der Waals surface area contributed by atoms with Gasteiger partial charge >= 0.3 is 6.03 Å². The van der Waals surface area contributed by atoms with Crippen LogP contribution in [0.4, 0.5) is 14.9 Å². The zero-order valence-corrected chi connectivity index (χ0v) is 21.1. The van der Waals surface area contributed by atoms with E-state index in [0.717, 1.165) is 24.2 Å². The lowest BCUT2D eigenvalue weighted by atomic mass is 10.2. The van der Waals surface area contributed by atoms with Crippen molar-refractivity contribution < 1.29 is 27.9 Å². The Bertz CT molecular complexity index is 1190. The van der Waals surface area contributed by atoms with E-state index in [1.54, 1.807) is 35.2 Å². The summed E-state index contributed by atoms with van der Waals surface area (Å²) in [5.41, 5.74) is 1.27. The van der Waals surface area contributed by atoms with Gasteiger partial charge in [0.05, 0.1) is 25.4 Å². The first-order valence-electron chi connectivity index (χ1n) is 12.3. The molecule has 3 amide bonds. The quantitative estimate of drug-likeness (QED) is 0.417. The number of para-hydroxylation sites is 2. The maximum Gasteiger partial charge on any atom is 0.322 e. The highest BCUT2D eigenvalue weighted by molar-refractivity contribution is 5.93. The van der Waals surface area contributed by atoms with Crippen molar-refractivity contribution in [3.63, 3.8) is 0 Å². The maximum absolute atomic E-state index is 13.6. The number of nitrogens with one attached hydrogen (secondary N) is 1. The van der Waals surface area contributed by atoms with Crippen LogP contribution < -0.4 is 10.1 Å². The molecule has 1 aliphatic heterocycles. The Balaban J connectivity index is 1.53. The Morgan fingerprint density at radius 1 is 1.05 bits per heavy atom. The normalized spacial score (nSPS) is 14.8. The number of methoxy groups -OCH3 is 1. The monoisotopic (exact) mass is 509 g/mol. The molecule has 1 aromatic heterocycles. The van der Waals surface area contributed by atoms with E-state index in [4.69, 9.17) is 13.9 Å². The molecule has 2 aromatic carbocycles. The fraction of sp³-hybridized carbons (Fsp3) is 0.357. The molecule has 1 unspecified atom stereocenters. The number of halogens is 1. The summed E-state index contributed by atoms with van der Waals surface area (Å²) in [5, 5.41) is 2.86. The minimum Gasteiger partial charge on any atom is -0.495 e. The molecule has 1 fully saturated rings. The largest absolute Gasteiger partial charge is 0.495 e. The highest BCUT2D eigenvalue weighted by Gasteiger charge is 2.27. The second kappa shape index (κ2) is 12.4. The molecule has 3 aromatic rings. The highest BCUT2D eigenvalue weighted by atomic mass is 19.1. The first kappa shape index (κ1) is 26.2. The van der Waals surface area contributed by atoms with E-state index in [0.29, 0.717) is 23.8 Å². The van der Waals surface area contributed by atoms with Crippen LogP contribution >= 0.6 is 0 Å². The molecule has 0 saturated carbocycles. The van der Waals surface area contributed by atoms with Crippen LogP contribution in [0.25, 0.3) is 0 Å². The zero-order valence-electron chi connectivity index (χ0n) is 21.1. The van der Waals surface area contributed by atoms with Crippen molar-refractivity contribution in [1.29, 1.82) is 0 Å². The Morgan fingerprint density at radius 2 is 1.84 bits per heavy atom. The van der Waals surface area contributed by atoms with Gasteiger partial charge in [0.1, 0.15) is 29.6 Å². The molecule has 196 valence electrons. The number of nitrogens with zero attached hydrogens (tertiary/aromatic N) is 2. The van der Waals surface area contributed by atoms with Gasteiger partial charge in [-0.1, -0.05) is 24.3 Å². The van der Waals surface area contributed by atoms with Gasteiger partial charge in [0, 0.05) is 19.7 Å². The van der Waals surface area contributed by atoms with Gasteiger partial charge in [-0.05, 0) is 61.7 Å². The molecule has 9 heteroatoms. The third kappa shape index (κ3) is 7.33. The van der Waals surface area contributed by atoms with Gasteiger partial charge < -0.3 is 29.0 Å². The molecule has 0 radical (unpaired) electrons. The fourth-order valence-corrected chi connectivity index (χ4v) is 4.26. The molecule has 4 rings (SSSR count). The highest BCUT2D eigenvalue weighted by Crippen LogP contribution is 2.24. The Kier molecular flexibility index (Phi) is 8.79. The summed E-state index contributed by atoms with van der Waals surface area (Å²) in [6.07, 6.45) is 1.58. The lowest BCUT2D eigenvalue weighted by molar-refractivity contribution is -0.133. The third-order valence-corrected chi connectivity index (χ3v) is 6.19. The predicted octanol–water partition coefficient (Wildman–Crippen LogP) is 4.98. The number of hydrogen-bond donors (Lipinski definition) is 1. The van der Waals surface area contributed by atoms with Gasteiger partial charge in [-0.2, -0.15) is 0 Å². The summed E-state index contributed by atoms with van der Waals surface area (Å²) in [6.45, 7) is 3.03. The van der Waals surface area contributed by atoms with E-state index < -0.39 is 6.03 Å². The van der Waals surface area contributed by atoms with Crippen LogP contribution in [0.1, 0.15) is 29.9 Å². The van der Waals surface area contributed by atoms with Crippen LogP contribution in [-0.4, -0.2) is 54.6 Å². The van der Waals surface area contributed by atoms with Gasteiger partial charge in [-0.25, -0.2) is 9.18 Å². The van der Waals surface area contributed by atoms with Crippen LogP contribution in [0.5, 0.6) is 5.75 Å². The number of hydrogen-bond acceptors (Lipinski definition) is 5. The number of carbonyl (C=O) groups is 2. The summed E-state index contributed by atoms with van der Waals surface area (Å²) >= 11 is 0. The number of anilines is 1. The Hall–Kier alpha value is -3.85. The lowest BCUT2D eigenvalue weighted by Crippen LogP contribution is -2.46. The van der Waals surface area contributed by atoms with Crippen LogP contribution in [0.15, 0.2) is 65.1 Å². The first-order chi connectivity index (χ1) is 17.9. The van der Waals surface area contributed by atoms with Crippen molar-refractivity contribution in [2.24, 2.45) is 0 Å². The van der Waals surface area contributed by atoms with Crippen molar-refractivity contribution in [2.45, 2.75) is 39.0 Å². The van der Waals surface area contributed by atoms with Gasteiger partial charge in [0.15, 0.2) is 0 Å². The molecule has 0 spiro atoms. The number of ether oxygens (including phenoxy) is 2. The van der Waals surface area contributed by atoms with Gasteiger partial charge in [0.2, 0.25) is 5.91 Å². The van der Waals surface area contributed by atoms with E-state index in [1.807, 2.05) is 25.1 Å². The number of urea groups is 1. The van der Waals surface area contributed by atoms with Gasteiger partial charge in [0.25, 0.3) is 0 Å². The van der Waals surface area contributed by atoms with Crippen LogP contribution in [0.2, 0.25) is 0 Å². The minimum absolute atomic E-state index is 0.144. The molecule has 1 atom stereocenters. The number of furan rings is 1. The molecular formula is C28H32FN3O5. The maximum atomic E-state index is 13.6. The van der Waals surface area contributed by atoms with Crippen molar-refractivity contribution in [3.8, 4) is 5.75 Å². The molecule has 37 heavy (non-hydrogen) atoms. The minimum atomic E-state index is -0.427. The summed E-state index contributed by atoms with van der Waals surface area (Å²) in [7, 11) is 1.53. The number of amides is 3. The fourth-order valence-electron chi connectivity index (χ4n) is 4.26. The summed E-state index contributed by atoms with van der Waals surface area (Å²) in [4.78, 5) is 30.0. The van der Waals surface area contributed by atoms with Gasteiger partial charge in [-0.15, -0.1) is 0 Å². The number of benzene rings is 2. The summed E-state index contributed by atoms with van der Waals surface area (Å²) in [6, 6.07) is 16.3. The van der Waals surface area contributed by atoms with Crippen LogP contribution in [0.3, 0.4) is 0 Å². The molecule has 2 heterocycles. The Morgan fingerprint density at radius 3 is 2.51 bits per heavy atom. The molecule has 8 nitrogen and oxygen atoms in total. The van der Waals surface area contributed by atoms with E-state index in [2.05, 4.69) is 5.32 Å². The zero-order chi connectivity index (χ0) is 26.2. The van der Waals surface area contributed by atoms with E-state index >= 15 is 0 Å². The van der Waals surface area contributed by atoms with Crippen molar-refractivity contribution in [2.75, 3.05) is 32.1 Å². The van der Waals surface area contributed by atoms with E-state index in [9.17, 15) is 14.0 Å². The number of rotatable bonds is 10.